The van der Waals surface area contributed by atoms with Crippen LogP contribution in [0.4, 0.5) is 0 Å². The molecule has 198 valence electrons. The van der Waals surface area contributed by atoms with Crippen molar-refractivity contribution < 1.29 is 29.0 Å². The molecule has 0 aromatic carbocycles. The molecule has 0 fully saturated rings. The van der Waals surface area contributed by atoms with Crippen LogP contribution in [0, 0.1) is 0 Å². The Balaban J connectivity index is 0.000000211. The average molecular weight is 591 g/mol. The van der Waals surface area contributed by atoms with Crippen molar-refractivity contribution in [2.45, 2.75) is 13.8 Å². The molecule has 4 heterocycles. The Morgan fingerprint density at radius 1 is 0.842 bits per heavy atom. The predicted octanol–water partition coefficient (Wildman–Crippen LogP) is 5.10. The number of aldehydes is 1. The number of methoxy groups -OCH3 is 2. The molecule has 0 radical (unpaired) electrons. The maximum Gasteiger partial charge on any atom is 0.358 e. The average Bonchev–Trinajstić information content (AvgIpc) is 3.74. The summed E-state index contributed by atoms with van der Waals surface area (Å²) < 4.78 is 9.41. The molecule has 0 amide bonds. The largest absolute Gasteiger partial charge is 0.464 e. The number of carbonyl (C=O) groups excluding carboxylic acids is 3. The third-order valence-corrected chi connectivity index (χ3v) is 8.30. The minimum absolute atomic E-state index is 0.0644. The van der Waals surface area contributed by atoms with Crippen LogP contribution in [0.5, 0.6) is 0 Å². The van der Waals surface area contributed by atoms with Crippen LogP contribution in [0.15, 0.2) is 34.3 Å². The normalized spacial score (nSPS) is 11.5. The van der Waals surface area contributed by atoms with E-state index in [-0.39, 0.29) is 18.0 Å². The quantitative estimate of drug-likeness (QED) is 0.167. The van der Waals surface area contributed by atoms with Crippen molar-refractivity contribution in [3.63, 3.8) is 0 Å². The minimum Gasteiger partial charge on any atom is -0.464 e. The molecule has 0 bridgehead atoms. The molecule has 0 aliphatic rings. The first kappa shape index (κ1) is 29.1. The second kappa shape index (κ2) is 13.9. The van der Waals surface area contributed by atoms with E-state index in [1.807, 2.05) is 10.8 Å². The lowest BCUT2D eigenvalue weighted by Crippen LogP contribution is -2.03. The molecule has 4 aromatic heterocycles. The monoisotopic (exact) mass is 590 g/mol. The van der Waals surface area contributed by atoms with Gasteiger partial charge >= 0.3 is 11.9 Å². The van der Waals surface area contributed by atoms with Gasteiger partial charge in [-0.15, -0.1) is 45.3 Å². The van der Waals surface area contributed by atoms with Gasteiger partial charge in [0.05, 0.1) is 30.6 Å². The van der Waals surface area contributed by atoms with Crippen LogP contribution in [-0.2, 0) is 14.3 Å². The number of hydrogen-bond donors (Lipinski definition) is 1. The molecule has 1 N–H and O–H groups in total. The Bertz CT molecular complexity index is 1450. The lowest BCUT2D eigenvalue weighted by molar-refractivity contribution is -0.104. The van der Waals surface area contributed by atoms with Crippen molar-refractivity contribution in [3.05, 3.63) is 55.4 Å². The zero-order valence-electron chi connectivity index (χ0n) is 20.7. The summed E-state index contributed by atoms with van der Waals surface area (Å²) in [5.41, 5.74) is 1.73. The molecule has 14 heteroatoms. The second-order valence-corrected chi connectivity index (χ2v) is 11.1. The van der Waals surface area contributed by atoms with Crippen LogP contribution in [0.1, 0.15) is 44.6 Å². The van der Waals surface area contributed by atoms with Crippen molar-refractivity contribution in [2.75, 3.05) is 20.8 Å². The van der Waals surface area contributed by atoms with Crippen LogP contribution in [0.25, 0.3) is 32.2 Å². The summed E-state index contributed by atoms with van der Waals surface area (Å²) in [6.45, 7) is 3.38. The Morgan fingerprint density at radius 3 is 1.68 bits per heavy atom. The molecule has 0 unspecified atom stereocenters. The van der Waals surface area contributed by atoms with Crippen molar-refractivity contribution >= 4 is 75.7 Å². The van der Waals surface area contributed by atoms with Crippen molar-refractivity contribution in [1.29, 1.82) is 0 Å². The SMILES string of the molecule is COC(=O)c1nc(-c2nccs2)sc1/C=C(\C)C=O.COC(=O)c1nc(-c2nccs2)sc1/C=C(\C)CO. The highest BCUT2D eigenvalue weighted by Gasteiger charge is 2.20. The molecule has 10 nitrogen and oxygen atoms in total. The molecule has 4 aromatic rings. The fraction of sp³-hybridized carbons (Fsp3) is 0.208. The summed E-state index contributed by atoms with van der Waals surface area (Å²) in [6.07, 6.45) is 7.44. The number of aliphatic hydroxyl groups excluding tert-OH is 1. The van der Waals surface area contributed by atoms with Gasteiger partial charge in [0.25, 0.3) is 0 Å². The molecular weight excluding hydrogens is 569 g/mol. The van der Waals surface area contributed by atoms with Gasteiger partial charge < -0.3 is 14.6 Å². The molecule has 0 aliphatic heterocycles. The summed E-state index contributed by atoms with van der Waals surface area (Å²) >= 11 is 5.55. The van der Waals surface area contributed by atoms with E-state index in [0.717, 1.165) is 21.9 Å². The summed E-state index contributed by atoms with van der Waals surface area (Å²) in [7, 11) is 2.61. The number of hydrogen-bond acceptors (Lipinski definition) is 14. The summed E-state index contributed by atoms with van der Waals surface area (Å²) in [5.74, 6) is -1.01. The van der Waals surface area contributed by atoms with Gasteiger partial charge in [0, 0.05) is 23.2 Å². The minimum atomic E-state index is -0.524. The zero-order chi connectivity index (χ0) is 27.7. The van der Waals surface area contributed by atoms with Gasteiger partial charge in [-0.1, -0.05) is 0 Å². The fourth-order valence-electron chi connectivity index (χ4n) is 2.70. The topological polar surface area (TPSA) is 141 Å². The molecule has 0 atom stereocenters. The Hall–Kier alpha value is -3.43. The molecule has 38 heavy (non-hydrogen) atoms. The maximum absolute atomic E-state index is 11.7. The van der Waals surface area contributed by atoms with Crippen molar-refractivity contribution in [2.24, 2.45) is 0 Å². The highest BCUT2D eigenvalue weighted by Crippen LogP contribution is 2.32. The number of aliphatic hydroxyl groups is 1. The smallest absolute Gasteiger partial charge is 0.358 e. The van der Waals surface area contributed by atoms with Gasteiger partial charge in [-0.25, -0.2) is 29.5 Å². The molecule has 0 saturated carbocycles. The highest BCUT2D eigenvalue weighted by atomic mass is 32.1. The molecule has 0 aliphatic carbocycles. The number of rotatable bonds is 8. The van der Waals surface area contributed by atoms with E-state index >= 15 is 0 Å². The van der Waals surface area contributed by atoms with Gasteiger partial charge in [0.1, 0.15) is 6.29 Å². The van der Waals surface area contributed by atoms with Crippen LogP contribution in [-0.4, -0.2) is 64.1 Å². The standard InChI is InChI=1S/C12H12N2O3S2.C12H10N2O3S2/c2*1-7(6-15)5-8-9(12(16)17-2)14-11(19-8)10-13-3-4-18-10/h3-5,15H,6H2,1-2H3;3-6H,1-2H3/b2*7-5+. The summed E-state index contributed by atoms with van der Waals surface area (Å²) in [6, 6.07) is 0. The van der Waals surface area contributed by atoms with E-state index in [1.54, 1.807) is 38.4 Å². The van der Waals surface area contributed by atoms with Crippen molar-refractivity contribution in [1.82, 2.24) is 19.9 Å². The first-order chi connectivity index (χ1) is 18.3. The Morgan fingerprint density at radius 2 is 1.32 bits per heavy atom. The third kappa shape index (κ3) is 7.33. The van der Waals surface area contributed by atoms with Crippen LogP contribution in [0.3, 0.4) is 0 Å². The van der Waals surface area contributed by atoms with Gasteiger partial charge in [0.2, 0.25) is 0 Å². The first-order valence-corrected chi connectivity index (χ1v) is 14.1. The van der Waals surface area contributed by atoms with E-state index in [2.05, 4.69) is 19.9 Å². The number of ether oxygens (including phenoxy) is 2. The number of esters is 2. The third-order valence-electron chi connectivity index (χ3n) is 4.47. The van der Waals surface area contributed by atoms with E-state index in [1.165, 1.54) is 59.6 Å². The highest BCUT2D eigenvalue weighted by molar-refractivity contribution is 7.21. The summed E-state index contributed by atoms with van der Waals surface area (Å²) in [4.78, 5) is 52.2. The number of carbonyl (C=O) groups is 3. The lowest BCUT2D eigenvalue weighted by atomic mass is 10.2. The molecular formula is C24H22N4O6S4. The molecule has 4 rings (SSSR count). The fourth-order valence-corrected chi connectivity index (χ4v) is 6.20. The van der Waals surface area contributed by atoms with Crippen molar-refractivity contribution in [3.8, 4) is 20.0 Å². The van der Waals surface area contributed by atoms with Gasteiger partial charge in [-0.3, -0.25) is 4.79 Å². The van der Waals surface area contributed by atoms with E-state index < -0.39 is 11.9 Å². The van der Waals surface area contributed by atoms with Gasteiger partial charge in [-0.2, -0.15) is 0 Å². The number of allylic oxidation sites excluding steroid dienone is 1. The Kier molecular flexibility index (Phi) is 10.7. The summed E-state index contributed by atoms with van der Waals surface area (Å²) in [5, 5.41) is 15.6. The second-order valence-electron chi connectivity index (χ2n) is 7.28. The first-order valence-electron chi connectivity index (χ1n) is 10.7. The van der Waals surface area contributed by atoms with Crippen LogP contribution in [0.2, 0.25) is 0 Å². The van der Waals surface area contributed by atoms with Crippen LogP contribution >= 0.6 is 45.3 Å². The van der Waals surface area contributed by atoms with Crippen LogP contribution < -0.4 is 0 Å². The number of thiazole rings is 4. The number of nitrogens with zero attached hydrogens (tertiary/aromatic N) is 4. The zero-order valence-corrected chi connectivity index (χ0v) is 23.9. The molecule has 0 saturated heterocycles. The maximum atomic E-state index is 11.7. The predicted molar refractivity (Wildman–Crippen MR) is 150 cm³/mol. The van der Waals surface area contributed by atoms with E-state index in [4.69, 9.17) is 14.6 Å². The molecule has 0 spiro atoms. The Labute approximate surface area is 234 Å². The number of aromatic nitrogens is 4. The van der Waals surface area contributed by atoms with E-state index in [0.29, 0.717) is 25.3 Å². The van der Waals surface area contributed by atoms with Gasteiger partial charge in [0.15, 0.2) is 31.4 Å². The van der Waals surface area contributed by atoms with Gasteiger partial charge in [-0.05, 0) is 37.1 Å². The lowest BCUT2D eigenvalue weighted by Gasteiger charge is -1.97. The van der Waals surface area contributed by atoms with E-state index in [9.17, 15) is 14.4 Å².